The molecule has 1 amide bonds. The fourth-order valence-corrected chi connectivity index (χ4v) is 5.73. The summed E-state index contributed by atoms with van der Waals surface area (Å²) in [4.78, 5) is 26.3. The first-order valence-electron chi connectivity index (χ1n) is 11.1. The first-order valence-corrected chi connectivity index (χ1v) is 17.0. The van der Waals surface area contributed by atoms with Gasteiger partial charge in [-0.1, -0.05) is 66.8 Å². The van der Waals surface area contributed by atoms with E-state index in [-0.39, 0.29) is 5.56 Å². The normalized spacial score (nSPS) is 14.5. The van der Waals surface area contributed by atoms with Crippen LogP contribution in [-0.2, 0) is 9.22 Å². The maximum Gasteiger partial charge on any atom is 0.460 e. The van der Waals surface area contributed by atoms with Crippen LogP contribution in [0.2, 0.25) is 36.3 Å². The van der Waals surface area contributed by atoms with Crippen LogP contribution in [0.15, 0.2) is 24.3 Å². The van der Waals surface area contributed by atoms with Crippen LogP contribution in [0.4, 0.5) is 36.4 Å². The van der Waals surface area contributed by atoms with E-state index in [9.17, 15) is 40.3 Å². The fraction of sp³-hybridized carbons (Fsp3) is 0.652. The van der Waals surface area contributed by atoms with Crippen LogP contribution >= 0.6 is 0 Å². The van der Waals surface area contributed by atoms with Crippen molar-refractivity contribution in [1.82, 2.24) is 0 Å². The molecular weight excluding hydrogens is 527 g/mol. The van der Waals surface area contributed by atoms with Crippen molar-refractivity contribution >= 4 is 34.1 Å². The molecule has 0 spiro atoms. The van der Waals surface area contributed by atoms with Crippen LogP contribution in [0.1, 0.15) is 51.9 Å². The molecule has 36 heavy (non-hydrogen) atoms. The van der Waals surface area contributed by atoms with Gasteiger partial charge in [0.2, 0.25) is 0 Å². The summed E-state index contributed by atoms with van der Waals surface area (Å²) in [6, 6.07) is 4.86. The van der Waals surface area contributed by atoms with Crippen molar-refractivity contribution < 1.29 is 44.7 Å². The molecule has 1 aromatic carbocycles. The quantitative estimate of drug-likeness (QED) is 0.261. The van der Waals surface area contributed by atoms with Crippen molar-refractivity contribution in [2.24, 2.45) is 0 Å². The SMILES string of the molecule is CC(C)(C)[Si](C)(C)OC(=O)c1ccccc1N(C(=O)C(F)(F)C(F)(F)C(F)(F)F)[Si](C)(C)C(C)(C)C. The van der Waals surface area contributed by atoms with Crippen molar-refractivity contribution in [3.63, 3.8) is 0 Å². The molecule has 0 bridgehead atoms. The lowest BCUT2D eigenvalue weighted by Gasteiger charge is -2.47. The van der Waals surface area contributed by atoms with Crippen molar-refractivity contribution in [2.45, 2.75) is 95.8 Å². The van der Waals surface area contributed by atoms with Gasteiger partial charge >= 0.3 is 24.0 Å². The first-order chi connectivity index (χ1) is 15.6. The molecule has 0 aliphatic rings. The predicted octanol–water partition coefficient (Wildman–Crippen LogP) is 8.02. The zero-order valence-electron chi connectivity index (χ0n) is 22.1. The monoisotopic (exact) mass is 561 g/mol. The Labute approximate surface area is 209 Å². The number of halogens is 7. The number of amides is 1. The van der Waals surface area contributed by atoms with Crippen LogP contribution in [0.5, 0.6) is 0 Å². The smallest absolute Gasteiger partial charge is 0.460 e. The molecule has 0 heterocycles. The molecule has 0 aliphatic carbocycles. The van der Waals surface area contributed by atoms with Gasteiger partial charge in [0, 0.05) is 5.69 Å². The van der Waals surface area contributed by atoms with Gasteiger partial charge in [-0.15, -0.1) is 0 Å². The highest BCUT2D eigenvalue weighted by molar-refractivity contribution is 6.87. The second-order valence-corrected chi connectivity index (χ2v) is 21.6. The van der Waals surface area contributed by atoms with E-state index in [1.165, 1.54) is 25.2 Å². The van der Waals surface area contributed by atoms with E-state index in [4.69, 9.17) is 4.43 Å². The molecule has 0 saturated heterocycles. The van der Waals surface area contributed by atoms with Gasteiger partial charge in [0.15, 0.2) is 8.24 Å². The van der Waals surface area contributed by atoms with E-state index in [0.29, 0.717) is 4.57 Å². The van der Waals surface area contributed by atoms with Crippen molar-refractivity contribution in [1.29, 1.82) is 0 Å². The number of hydrogen-bond acceptors (Lipinski definition) is 3. The molecule has 0 radical (unpaired) electrons. The molecule has 0 aromatic heterocycles. The largest absolute Gasteiger partial charge is 0.516 e. The standard InChI is InChI=1S/C23H34F7NO3Si2/c1-19(2,3)35(7,8)31(18(33)21(24,25)22(26,27)23(28,29)30)16-14-12-11-13-15(16)17(32)34-36(9,10)20(4,5)6/h11-14H,1-10H3. The lowest BCUT2D eigenvalue weighted by Crippen LogP contribution is -2.67. The Morgan fingerprint density at radius 3 is 1.61 bits per heavy atom. The van der Waals surface area contributed by atoms with Crippen molar-refractivity contribution in [3.8, 4) is 0 Å². The molecule has 1 aromatic rings. The number of benzene rings is 1. The van der Waals surface area contributed by atoms with Crippen LogP contribution in [0.3, 0.4) is 0 Å². The summed E-state index contributed by atoms with van der Waals surface area (Å²) in [5, 5.41) is -1.43. The minimum Gasteiger partial charge on any atom is -0.516 e. The molecule has 0 aliphatic heterocycles. The van der Waals surface area contributed by atoms with Gasteiger partial charge in [0.25, 0.3) is 14.2 Å². The van der Waals surface area contributed by atoms with E-state index in [2.05, 4.69) is 0 Å². The molecule has 13 heteroatoms. The third-order valence-electron chi connectivity index (χ3n) is 7.14. The zero-order valence-corrected chi connectivity index (χ0v) is 24.1. The summed E-state index contributed by atoms with van der Waals surface area (Å²) in [6.07, 6.45) is -6.69. The van der Waals surface area contributed by atoms with Gasteiger partial charge in [-0.2, -0.15) is 30.7 Å². The fourth-order valence-electron chi connectivity index (χ4n) is 2.73. The minimum absolute atomic E-state index is 0.300. The molecule has 0 fully saturated rings. The maximum absolute atomic E-state index is 14.8. The average Bonchev–Trinajstić information content (AvgIpc) is 2.65. The lowest BCUT2D eigenvalue weighted by atomic mass is 10.1. The van der Waals surface area contributed by atoms with Gasteiger partial charge in [-0.25, -0.2) is 4.79 Å². The van der Waals surface area contributed by atoms with Gasteiger partial charge < -0.3 is 8.99 Å². The highest BCUT2D eigenvalue weighted by atomic mass is 28.4. The molecule has 0 unspecified atom stereocenters. The van der Waals surface area contributed by atoms with Crippen LogP contribution in [0, 0.1) is 0 Å². The lowest BCUT2D eigenvalue weighted by molar-refractivity contribution is -0.343. The highest BCUT2D eigenvalue weighted by Gasteiger charge is 2.77. The summed E-state index contributed by atoms with van der Waals surface area (Å²) in [6.45, 7) is 16.4. The van der Waals surface area contributed by atoms with Crippen molar-refractivity contribution in [2.75, 3.05) is 4.57 Å². The summed E-state index contributed by atoms with van der Waals surface area (Å²) in [7, 11) is -6.42. The van der Waals surface area contributed by atoms with Gasteiger partial charge in [0.05, 0.1) is 5.56 Å². The molecule has 1 rings (SSSR count). The Morgan fingerprint density at radius 2 is 1.22 bits per heavy atom. The first kappa shape index (κ1) is 32.1. The Morgan fingerprint density at radius 1 is 0.778 bits per heavy atom. The van der Waals surface area contributed by atoms with Gasteiger partial charge in [-0.05, 0) is 35.3 Å². The second kappa shape index (κ2) is 9.44. The third kappa shape index (κ3) is 5.66. The van der Waals surface area contributed by atoms with E-state index in [1.54, 1.807) is 33.9 Å². The number of para-hydroxylation sites is 1. The number of rotatable bonds is 6. The summed E-state index contributed by atoms with van der Waals surface area (Å²) in [5.74, 6) is -16.5. The minimum atomic E-state index is -6.69. The maximum atomic E-state index is 14.8. The summed E-state index contributed by atoms with van der Waals surface area (Å²) >= 11 is 0. The molecular formula is C23H34F7NO3Si2. The Hall–Kier alpha value is -1.90. The third-order valence-corrected chi connectivity index (χ3v) is 16.7. The second-order valence-electron chi connectivity index (χ2n) is 11.8. The molecule has 0 N–H and O–H groups in total. The number of alkyl halides is 7. The summed E-state index contributed by atoms with van der Waals surface area (Å²) in [5.41, 5.74) is -0.887. The molecule has 206 valence electrons. The van der Waals surface area contributed by atoms with E-state index < -0.39 is 62.2 Å². The average molecular weight is 562 g/mol. The predicted molar refractivity (Wildman–Crippen MR) is 130 cm³/mol. The number of carbonyl (C=O) groups excluding carboxylic acids is 2. The zero-order chi connectivity index (χ0) is 28.9. The van der Waals surface area contributed by atoms with Crippen molar-refractivity contribution in [3.05, 3.63) is 29.8 Å². The topological polar surface area (TPSA) is 46.6 Å². The Balaban J connectivity index is 3.90. The molecule has 4 nitrogen and oxygen atoms in total. The van der Waals surface area contributed by atoms with Crippen LogP contribution in [-0.4, -0.2) is 46.5 Å². The van der Waals surface area contributed by atoms with E-state index >= 15 is 0 Å². The number of hydrogen-bond donors (Lipinski definition) is 0. The van der Waals surface area contributed by atoms with Gasteiger partial charge in [-0.3, -0.25) is 4.79 Å². The Kier molecular flexibility index (Phi) is 8.43. The number of carbonyl (C=O) groups is 2. The van der Waals surface area contributed by atoms with Crippen LogP contribution < -0.4 is 4.57 Å². The molecule has 0 atom stereocenters. The number of nitrogens with zero attached hydrogens (tertiary/aromatic N) is 1. The number of anilines is 1. The van der Waals surface area contributed by atoms with E-state index in [1.807, 2.05) is 20.8 Å². The molecule has 0 saturated carbocycles. The highest BCUT2D eigenvalue weighted by Crippen LogP contribution is 2.50. The summed E-state index contributed by atoms with van der Waals surface area (Å²) < 4.78 is 102. The van der Waals surface area contributed by atoms with E-state index in [0.717, 1.165) is 12.1 Å². The van der Waals surface area contributed by atoms with Gasteiger partial charge in [0.1, 0.15) is 0 Å². The Bertz CT molecular complexity index is 995. The van der Waals surface area contributed by atoms with Crippen LogP contribution in [0.25, 0.3) is 0 Å².